The predicted molar refractivity (Wildman–Crippen MR) is 62.5 cm³/mol. The highest BCUT2D eigenvalue weighted by Crippen LogP contribution is 2.39. The minimum Gasteiger partial charge on any atom is -0.496 e. The van der Waals surface area contributed by atoms with E-state index in [1.165, 1.54) is 0 Å². The quantitative estimate of drug-likeness (QED) is 0.824. The molecule has 0 aliphatic heterocycles. The molecule has 2 rings (SSSR count). The van der Waals surface area contributed by atoms with Gasteiger partial charge in [0.05, 0.1) is 12.7 Å². The largest absolute Gasteiger partial charge is 0.496 e. The number of hydrogen-bond donors (Lipinski definition) is 0. The van der Waals surface area contributed by atoms with E-state index in [2.05, 4.69) is 22.9 Å². The Bertz CT molecular complexity index is 412. The van der Waals surface area contributed by atoms with Crippen molar-refractivity contribution in [2.45, 2.75) is 19.8 Å². The summed E-state index contributed by atoms with van der Waals surface area (Å²) in [6, 6.07) is 3.79. The van der Waals surface area contributed by atoms with Gasteiger partial charge in [-0.15, -0.1) is 0 Å². The molecule has 0 radical (unpaired) electrons. The lowest BCUT2D eigenvalue weighted by Crippen LogP contribution is -2.07. The van der Waals surface area contributed by atoms with Crippen molar-refractivity contribution in [2.24, 2.45) is 5.92 Å². The molecular weight excluding hydrogens is 256 g/mol. The van der Waals surface area contributed by atoms with Gasteiger partial charge in [-0.2, -0.15) is 0 Å². The Morgan fingerprint density at radius 3 is 2.87 bits per heavy atom. The highest BCUT2D eigenvalue weighted by atomic mass is 79.9. The number of rotatable bonds is 2. The van der Waals surface area contributed by atoms with E-state index >= 15 is 0 Å². The van der Waals surface area contributed by atoms with Crippen LogP contribution >= 0.6 is 15.9 Å². The zero-order valence-corrected chi connectivity index (χ0v) is 10.4. The van der Waals surface area contributed by atoms with E-state index in [1.807, 2.05) is 12.1 Å². The maximum atomic E-state index is 12.1. The lowest BCUT2D eigenvalue weighted by Gasteiger charge is -2.07. The molecule has 80 valence electrons. The molecule has 1 aliphatic rings. The SMILES string of the molecule is CCC1Cc2c(Br)ccc(OC)c2C1=O. The number of ether oxygens (including phenoxy) is 1. The predicted octanol–water partition coefficient (Wildman–Crippen LogP) is 3.22. The first-order valence-corrected chi connectivity index (χ1v) is 5.87. The van der Waals surface area contributed by atoms with Crippen LogP contribution in [0.25, 0.3) is 0 Å². The van der Waals surface area contributed by atoms with Gasteiger partial charge >= 0.3 is 0 Å². The normalized spacial score (nSPS) is 19.1. The second-order valence-corrected chi connectivity index (χ2v) is 4.63. The molecule has 0 bridgehead atoms. The van der Waals surface area contributed by atoms with E-state index < -0.39 is 0 Å². The highest BCUT2D eigenvalue weighted by Gasteiger charge is 2.33. The number of hydrogen-bond acceptors (Lipinski definition) is 2. The molecule has 1 atom stereocenters. The second-order valence-electron chi connectivity index (χ2n) is 3.78. The third kappa shape index (κ3) is 1.59. The number of carbonyl (C=O) groups excluding carboxylic acids is 1. The van der Waals surface area contributed by atoms with Crippen LogP contribution < -0.4 is 4.74 Å². The van der Waals surface area contributed by atoms with Crippen molar-refractivity contribution in [1.82, 2.24) is 0 Å². The molecule has 0 saturated heterocycles. The van der Waals surface area contributed by atoms with Crippen LogP contribution in [-0.2, 0) is 6.42 Å². The molecule has 0 saturated carbocycles. The number of carbonyl (C=O) groups is 1. The van der Waals surface area contributed by atoms with Crippen molar-refractivity contribution in [3.8, 4) is 5.75 Å². The number of Topliss-reactive ketones (excluding diaryl/α,β-unsaturated/α-hetero) is 1. The van der Waals surface area contributed by atoms with E-state index in [0.29, 0.717) is 5.75 Å². The summed E-state index contributed by atoms with van der Waals surface area (Å²) in [4.78, 5) is 12.1. The van der Waals surface area contributed by atoms with Gasteiger partial charge in [0.15, 0.2) is 5.78 Å². The molecule has 15 heavy (non-hydrogen) atoms. The number of halogens is 1. The van der Waals surface area contributed by atoms with E-state index in [9.17, 15) is 4.79 Å². The van der Waals surface area contributed by atoms with Gasteiger partial charge in [-0.05, 0) is 30.5 Å². The zero-order valence-electron chi connectivity index (χ0n) is 8.84. The maximum absolute atomic E-state index is 12.1. The summed E-state index contributed by atoms with van der Waals surface area (Å²) in [7, 11) is 1.61. The maximum Gasteiger partial charge on any atom is 0.170 e. The molecule has 3 heteroatoms. The van der Waals surface area contributed by atoms with Crippen LogP contribution in [0.4, 0.5) is 0 Å². The molecule has 1 unspecified atom stereocenters. The third-order valence-corrected chi connectivity index (χ3v) is 3.74. The zero-order chi connectivity index (χ0) is 11.0. The van der Waals surface area contributed by atoms with Crippen molar-refractivity contribution < 1.29 is 9.53 Å². The van der Waals surface area contributed by atoms with E-state index in [1.54, 1.807) is 7.11 Å². The lowest BCUT2D eigenvalue weighted by molar-refractivity contribution is 0.0931. The minimum atomic E-state index is 0.132. The average Bonchev–Trinajstić information content (AvgIpc) is 2.58. The van der Waals surface area contributed by atoms with Gasteiger partial charge in [0.1, 0.15) is 5.75 Å². The molecule has 0 aromatic heterocycles. The fourth-order valence-corrected chi connectivity index (χ4v) is 2.61. The number of fused-ring (bicyclic) bond motifs is 1. The minimum absolute atomic E-state index is 0.132. The van der Waals surface area contributed by atoms with E-state index in [-0.39, 0.29) is 11.7 Å². The summed E-state index contributed by atoms with van der Waals surface area (Å²) in [6.45, 7) is 2.05. The van der Waals surface area contributed by atoms with Crippen LogP contribution in [0.3, 0.4) is 0 Å². The number of methoxy groups -OCH3 is 1. The van der Waals surface area contributed by atoms with Gasteiger partial charge < -0.3 is 4.74 Å². The molecule has 0 N–H and O–H groups in total. The molecule has 0 amide bonds. The molecule has 0 fully saturated rings. The van der Waals surface area contributed by atoms with Gasteiger partial charge in [0.2, 0.25) is 0 Å². The molecule has 1 aromatic rings. The summed E-state index contributed by atoms with van der Waals surface area (Å²) >= 11 is 3.49. The fourth-order valence-electron chi connectivity index (χ4n) is 2.11. The smallest absolute Gasteiger partial charge is 0.170 e. The van der Waals surface area contributed by atoms with Crippen molar-refractivity contribution >= 4 is 21.7 Å². The monoisotopic (exact) mass is 268 g/mol. The van der Waals surface area contributed by atoms with Crippen LogP contribution in [-0.4, -0.2) is 12.9 Å². The Labute approximate surface area is 97.8 Å². The molecule has 1 aromatic carbocycles. The first kappa shape index (κ1) is 10.7. The van der Waals surface area contributed by atoms with Gasteiger partial charge in [-0.3, -0.25) is 4.79 Å². The lowest BCUT2D eigenvalue weighted by atomic mass is 10.0. The van der Waals surface area contributed by atoms with Crippen molar-refractivity contribution in [1.29, 1.82) is 0 Å². The number of ketones is 1. The first-order chi connectivity index (χ1) is 7.19. The Morgan fingerprint density at radius 2 is 2.27 bits per heavy atom. The van der Waals surface area contributed by atoms with E-state index in [0.717, 1.165) is 28.4 Å². The molecule has 0 heterocycles. The van der Waals surface area contributed by atoms with E-state index in [4.69, 9.17) is 4.74 Å². The summed E-state index contributed by atoms with van der Waals surface area (Å²) < 4.78 is 6.25. The second kappa shape index (κ2) is 3.97. The average molecular weight is 269 g/mol. The topological polar surface area (TPSA) is 26.3 Å². The molecule has 1 aliphatic carbocycles. The summed E-state index contributed by atoms with van der Waals surface area (Å²) in [5.74, 6) is 1.06. The molecule has 2 nitrogen and oxygen atoms in total. The van der Waals surface area contributed by atoms with Gasteiger partial charge in [-0.1, -0.05) is 22.9 Å². The first-order valence-electron chi connectivity index (χ1n) is 5.08. The Hall–Kier alpha value is -0.830. The summed E-state index contributed by atoms with van der Waals surface area (Å²) in [6.07, 6.45) is 1.73. The highest BCUT2D eigenvalue weighted by molar-refractivity contribution is 9.10. The van der Waals surface area contributed by atoms with Crippen LogP contribution in [0, 0.1) is 5.92 Å². The summed E-state index contributed by atoms with van der Waals surface area (Å²) in [5.41, 5.74) is 1.88. The standard InChI is InChI=1S/C12H13BrO2/c1-3-7-6-8-9(13)4-5-10(15-2)11(8)12(7)14/h4-5,7H,3,6H2,1-2H3. The van der Waals surface area contributed by atoms with Crippen molar-refractivity contribution in [3.63, 3.8) is 0 Å². The Kier molecular flexibility index (Phi) is 2.83. The van der Waals surface area contributed by atoms with Crippen LogP contribution in [0.15, 0.2) is 16.6 Å². The van der Waals surface area contributed by atoms with Crippen LogP contribution in [0.2, 0.25) is 0 Å². The summed E-state index contributed by atoms with van der Waals surface area (Å²) in [5, 5.41) is 0. The van der Waals surface area contributed by atoms with Gasteiger partial charge in [-0.25, -0.2) is 0 Å². The fraction of sp³-hybridized carbons (Fsp3) is 0.417. The van der Waals surface area contributed by atoms with Crippen LogP contribution in [0.1, 0.15) is 29.3 Å². The number of benzene rings is 1. The van der Waals surface area contributed by atoms with Gasteiger partial charge in [0.25, 0.3) is 0 Å². The third-order valence-electron chi connectivity index (χ3n) is 3.00. The van der Waals surface area contributed by atoms with Crippen LogP contribution in [0.5, 0.6) is 5.75 Å². The molecule has 0 spiro atoms. The Balaban J connectivity index is 2.56. The van der Waals surface area contributed by atoms with Crippen molar-refractivity contribution in [3.05, 3.63) is 27.7 Å². The Morgan fingerprint density at radius 1 is 1.53 bits per heavy atom. The van der Waals surface area contributed by atoms with Crippen molar-refractivity contribution in [2.75, 3.05) is 7.11 Å². The molecular formula is C12H13BrO2. The van der Waals surface area contributed by atoms with Gasteiger partial charge in [0, 0.05) is 10.4 Å².